The quantitative estimate of drug-likeness (QED) is 0.821. The van der Waals surface area contributed by atoms with Crippen molar-refractivity contribution in [3.63, 3.8) is 0 Å². The highest BCUT2D eigenvalue weighted by Gasteiger charge is 2.37. The largest absolute Gasteiger partial charge is 0.330 e. The molecule has 1 aromatic carbocycles. The summed E-state index contributed by atoms with van der Waals surface area (Å²) in [5, 5.41) is 4.52. The number of carbonyl (C=O) groups excluding carboxylic acids is 1. The molecule has 4 nitrogen and oxygen atoms in total. The van der Waals surface area contributed by atoms with Crippen LogP contribution in [0, 0.1) is 12.7 Å². The van der Waals surface area contributed by atoms with Gasteiger partial charge < -0.3 is 4.90 Å². The lowest BCUT2D eigenvalue weighted by Crippen LogP contribution is -2.46. The van der Waals surface area contributed by atoms with Gasteiger partial charge in [-0.15, -0.1) is 0 Å². The predicted molar refractivity (Wildman–Crippen MR) is 91.4 cm³/mol. The van der Waals surface area contributed by atoms with E-state index in [0.29, 0.717) is 17.8 Å². The maximum Gasteiger partial charge on any atom is 0.272 e. The molecule has 5 heteroatoms. The number of rotatable bonds is 5. The van der Waals surface area contributed by atoms with E-state index in [1.807, 2.05) is 23.7 Å². The summed E-state index contributed by atoms with van der Waals surface area (Å²) in [6.07, 6.45) is 2.65. The highest BCUT2D eigenvalue weighted by Crippen LogP contribution is 2.36. The number of likely N-dealkylation sites (tertiary alicyclic amines) is 1. The number of hydrogen-bond donors (Lipinski definition) is 0. The number of amides is 1. The van der Waals surface area contributed by atoms with Crippen molar-refractivity contribution in [3.8, 4) is 0 Å². The Morgan fingerprint density at radius 3 is 2.62 bits per heavy atom. The predicted octanol–water partition coefficient (Wildman–Crippen LogP) is 4.28. The van der Waals surface area contributed by atoms with Crippen LogP contribution in [0.25, 0.3) is 0 Å². The van der Waals surface area contributed by atoms with Crippen LogP contribution >= 0.6 is 0 Å². The maximum absolute atomic E-state index is 14.1. The molecule has 0 N–H and O–H groups in total. The van der Waals surface area contributed by atoms with Crippen LogP contribution in [-0.4, -0.2) is 27.1 Å². The monoisotopic (exact) mass is 329 g/mol. The second kappa shape index (κ2) is 6.75. The third kappa shape index (κ3) is 2.83. The number of benzene rings is 1. The van der Waals surface area contributed by atoms with Gasteiger partial charge in [-0.2, -0.15) is 5.10 Å². The molecule has 2 heterocycles. The molecular formula is C19H24FN3O. The molecule has 1 saturated heterocycles. The number of aromatic nitrogens is 2. The van der Waals surface area contributed by atoms with Crippen LogP contribution < -0.4 is 0 Å². The van der Waals surface area contributed by atoms with Gasteiger partial charge in [0.15, 0.2) is 0 Å². The summed E-state index contributed by atoms with van der Waals surface area (Å²) in [7, 11) is 0. The number of hydrogen-bond acceptors (Lipinski definition) is 2. The molecule has 0 aliphatic carbocycles. The third-order valence-corrected chi connectivity index (χ3v) is 4.91. The molecule has 1 aliphatic heterocycles. The van der Waals surface area contributed by atoms with E-state index in [2.05, 4.69) is 18.9 Å². The molecule has 1 aromatic heterocycles. The summed E-state index contributed by atoms with van der Waals surface area (Å²) < 4.78 is 15.9. The fourth-order valence-electron chi connectivity index (χ4n) is 3.44. The molecular weight excluding hydrogens is 305 g/mol. The Bertz CT molecular complexity index is 736. The zero-order chi connectivity index (χ0) is 17.3. The molecule has 1 unspecified atom stereocenters. The lowest BCUT2D eigenvalue weighted by Gasteiger charge is -2.41. The highest BCUT2D eigenvalue weighted by molar-refractivity contribution is 5.93. The molecule has 1 amide bonds. The van der Waals surface area contributed by atoms with E-state index in [4.69, 9.17) is 0 Å². The van der Waals surface area contributed by atoms with Gasteiger partial charge in [-0.3, -0.25) is 9.48 Å². The van der Waals surface area contributed by atoms with Crippen molar-refractivity contribution in [2.75, 3.05) is 6.54 Å². The average molecular weight is 329 g/mol. The zero-order valence-corrected chi connectivity index (χ0v) is 14.5. The third-order valence-electron chi connectivity index (χ3n) is 4.91. The fourth-order valence-corrected chi connectivity index (χ4v) is 3.44. The van der Waals surface area contributed by atoms with Crippen molar-refractivity contribution in [2.45, 2.75) is 52.1 Å². The van der Waals surface area contributed by atoms with Crippen molar-refractivity contribution in [1.29, 1.82) is 0 Å². The van der Waals surface area contributed by atoms with Crippen LogP contribution in [0.2, 0.25) is 0 Å². The lowest BCUT2D eigenvalue weighted by molar-refractivity contribution is 0.0437. The van der Waals surface area contributed by atoms with Gasteiger partial charge in [0.25, 0.3) is 5.91 Å². The zero-order valence-electron chi connectivity index (χ0n) is 14.5. The molecule has 3 rings (SSSR count). The van der Waals surface area contributed by atoms with Crippen LogP contribution in [0.5, 0.6) is 0 Å². The summed E-state index contributed by atoms with van der Waals surface area (Å²) >= 11 is 0. The van der Waals surface area contributed by atoms with Crippen LogP contribution in [0.15, 0.2) is 30.3 Å². The van der Waals surface area contributed by atoms with E-state index >= 15 is 0 Å². The van der Waals surface area contributed by atoms with Crippen LogP contribution in [0.3, 0.4) is 0 Å². The summed E-state index contributed by atoms with van der Waals surface area (Å²) in [6.45, 7) is 6.77. The van der Waals surface area contributed by atoms with Crippen LogP contribution in [0.1, 0.15) is 66.9 Å². The van der Waals surface area contributed by atoms with E-state index in [9.17, 15) is 9.18 Å². The fraction of sp³-hybridized carbons (Fsp3) is 0.474. The molecule has 0 spiro atoms. The van der Waals surface area contributed by atoms with Gasteiger partial charge >= 0.3 is 0 Å². The first-order valence-electron chi connectivity index (χ1n) is 8.68. The molecule has 1 atom stereocenters. The number of halogens is 1. The molecule has 1 fully saturated rings. The summed E-state index contributed by atoms with van der Waals surface area (Å²) in [4.78, 5) is 14.8. The molecule has 2 aromatic rings. The van der Waals surface area contributed by atoms with Gasteiger partial charge in [0, 0.05) is 12.1 Å². The Labute approximate surface area is 142 Å². The maximum atomic E-state index is 14.1. The standard InChI is InChI=1S/C19H24FN3O/c1-4-14(5-2)23-18(12-13(3)21-23)19(24)22-11-10-17(22)15-8-6-7-9-16(15)20/h6-9,12,14,17H,4-5,10-11H2,1-3H3. The number of nitrogens with zero attached hydrogens (tertiary/aromatic N) is 3. The second-order valence-corrected chi connectivity index (χ2v) is 6.41. The Balaban J connectivity index is 1.89. The van der Waals surface area contributed by atoms with E-state index in [1.165, 1.54) is 6.07 Å². The highest BCUT2D eigenvalue weighted by atomic mass is 19.1. The average Bonchev–Trinajstić information content (AvgIpc) is 2.91. The van der Waals surface area contributed by atoms with Gasteiger partial charge in [-0.25, -0.2) is 4.39 Å². The second-order valence-electron chi connectivity index (χ2n) is 6.41. The van der Waals surface area contributed by atoms with Crippen molar-refractivity contribution in [3.05, 3.63) is 53.1 Å². The van der Waals surface area contributed by atoms with E-state index < -0.39 is 0 Å². The minimum atomic E-state index is -0.246. The van der Waals surface area contributed by atoms with Crippen molar-refractivity contribution in [2.24, 2.45) is 0 Å². The van der Waals surface area contributed by atoms with Crippen molar-refractivity contribution < 1.29 is 9.18 Å². The molecule has 0 bridgehead atoms. The van der Waals surface area contributed by atoms with E-state index in [0.717, 1.165) is 25.0 Å². The van der Waals surface area contributed by atoms with Gasteiger partial charge in [0.2, 0.25) is 0 Å². The Morgan fingerprint density at radius 1 is 1.33 bits per heavy atom. The normalized spacial score (nSPS) is 17.2. The van der Waals surface area contributed by atoms with E-state index in [-0.39, 0.29) is 23.8 Å². The van der Waals surface area contributed by atoms with Crippen molar-refractivity contribution >= 4 is 5.91 Å². The molecule has 24 heavy (non-hydrogen) atoms. The molecule has 128 valence electrons. The van der Waals surface area contributed by atoms with Gasteiger partial charge in [0.05, 0.1) is 17.8 Å². The minimum absolute atomic E-state index is 0.0537. The Kier molecular flexibility index (Phi) is 4.69. The number of carbonyl (C=O) groups is 1. The topological polar surface area (TPSA) is 38.1 Å². The minimum Gasteiger partial charge on any atom is -0.330 e. The Hall–Kier alpha value is -2.17. The molecule has 1 aliphatic rings. The summed E-state index contributed by atoms with van der Waals surface area (Å²) in [5.41, 5.74) is 2.05. The van der Waals surface area contributed by atoms with E-state index in [1.54, 1.807) is 17.0 Å². The van der Waals surface area contributed by atoms with Gasteiger partial charge in [-0.05, 0) is 38.3 Å². The summed E-state index contributed by atoms with van der Waals surface area (Å²) in [6, 6.07) is 8.59. The first-order valence-corrected chi connectivity index (χ1v) is 8.68. The van der Waals surface area contributed by atoms with Gasteiger partial charge in [-0.1, -0.05) is 32.0 Å². The van der Waals surface area contributed by atoms with Gasteiger partial charge in [0.1, 0.15) is 11.5 Å². The van der Waals surface area contributed by atoms with Crippen molar-refractivity contribution in [1.82, 2.24) is 14.7 Å². The first-order chi connectivity index (χ1) is 11.6. The van der Waals surface area contributed by atoms with Crippen LogP contribution in [-0.2, 0) is 0 Å². The molecule has 0 radical (unpaired) electrons. The Morgan fingerprint density at radius 2 is 2.04 bits per heavy atom. The van der Waals surface area contributed by atoms with Crippen LogP contribution in [0.4, 0.5) is 4.39 Å². The number of aryl methyl sites for hydroxylation is 1. The first kappa shape index (κ1) is 16.7. The SMILES string of the molecule is CCC(CC)n1nc(C)cc1C(=O)N1CCC1c1ccccc1F. The molecule has 0 saturated carbocycles. The lowest BCUT2D eigenvalue weighted by atomic mass is 9.93. The smallest absolute Gasteiger partial charge is 0.272 e. The summed E-state index contributed by atoms with van der Waals surface area (Å²) in [5.74, 6) is -0.299.